The molecule has 1 atom stereocenters. The number of pyridine rings is 1. The zero-order valence-corrected chi connectivity index (χ0v) is 15.9. The fourth-order valence-corrected chi connectivity index (χ4v) is 2.71. The lowest BCUT2D eigenvalue weighted by atomic mass is 10.1. The summed E-state index contributed by atoms with van der Waals surface area (Å²) in [6.07, 6.45) is 4.06. The molecule has 2 N–H and O–H groups in total. The molecule has 0 bridgehead atoms. The average molecular weight is 369 g/mol. The van der Waals surface area contributed by atoms with Crippen LogP contribution in [-0.2, 0) is 6.42 Å². The van der Waals surface area contributed by atoms with Crippen molar-refractivity contribution in [3.05, 3.63) is 47.4 Å². The van der Waals surface area contributed by atoms with Crippen LogP contribution in [0, 0.1) is 13.8 Å². The van der Waals surface area contributed by atoms with Crippen LogP contribution in [0.25, 0.3) is 11.4 Å². The highest BCUT2D eigenvalue weighted by atomic mass is 16.5. The molecule has 3 rings (SSSR count). The van der Waals surface area contributed by atoms with Crippen molar-refractivity contribution >= 4 is 6.03 Å². The number of nitrogens with zero attached hydrogens (tertiary/aromatic N) is 5. The molecule has 9 heteroatoms. The zero-order valence-electron chi connectivity index (χ0n) is 15.9. The lowest BCUT2D eigenvalue weighted by molar-refractivity contribution is 0.202. The number of aromatic nitrogens is 5. The van der Waals surface area contributed by atoms with E-state index in [2.05, 4.69) is 30.6 Å². The second kappa shape index (κ2) is 7.98. The number of aromatic amines is 1. The molecule has 2 amide bonds. The predicted octanol–water partition coefficient (Wildman–Crippen LogP) is 2.42. The maximum atomic E-state index is 12.4. The second-order valence-electron chi connectivity index (χ2n) is 6.45. The molecule has 0 aliphatic carbocycles. The maximum absolute atomic E-state index is 12.4. The Labute approximate surface area is 157 Å². The van der Waals surface area contributed by atoms with Gasteiger partial charge in [0.15, 0.2) is 0 Å². The molecule has 0 aliphatic heterocycles. The molecule has 27 heavy (non-hydrogen) atoms. The quantitative estimate of drug-likeness (QED) is 0.690. The Kier molecular flexibility index (Phi) is 5.49. The summed E-state index contributed by atoms with van der Waals surface area (Å²) in [6.45, 7) is 6.32. The van der Waals surface area contributed by atoms with Crippen LogP contribution < -0.4 is 5.32 Å². The Morgan fingerprint density at radius 3 is 2.74 bits per heavy atom. The van der Waals surface area contributed by atoms with E-state index in [1.807, 2.05) is 13.8 Å². The van der Waals surface area contributed by atoms with Crippen molar-refractivity contribution in [2.24, 2.45) is 0 Å². The van der Waals surface area contributed by atoms with E-state index >= 15 is 0 Å². The number of amides is 2. The van der Waals surface area contributed by atoms with Gasteiger partial charge in [0.1, 0.15) is 6.04 Å². The number of rotatable bonds is 6. The van der Waals surface area contributed by atoms with Gasteiger partial charge in [-0.1, -0.05) is 5.16 Å². The number of aryl methyl sites for hydroxylation is 2. The summed E-state index contributed by atoms with van der Waals surface area (Å²) in [6, 6.07) is 2.99. The molecular formula is C18H23N7O2. The Balaban J connectivity index is 1.56. The normalized spacial score (nSPS) is 12.0. The molecule has 3 heterocycles. The van der Waals surface area contributed by atoms with Crippen LogP contribution in [0.1, 0.15) is 35.8 Å². The van der Waals surface area contributed by atoms with Gasteiger partial charge in [-0.2, -0.15) is 10.1 Å². The van der Waals surface area contributed by atoms with Crippen LogP contribution in [0.3, 0.4) is 0 Å². The number of carbonyl (C=O) groups excluding carboxylic acids is 1. The van der Waals surface area contributed by atoms with Gasteiger partial charge in [-0.15, -0.1) is 0 Å². The fourth-order valence-electron chi connectivity index (χ4n) is 2.71. The molecule has 0 spiro atoms. The predicted molar refractivity (Wildman–Crippen MR) is 98.9 cm³/mol. The van der Waals surface area contributed by atoms with Gasteiger partial charge >= 0.3 is 6.03 Å². The molecule has 0 radical (unpaired) electrons. The van der Waals surface area contributed by atoms with E-state index in [4.69, 9.17) is 4.52 Å². The Morgan fingerprint density at radius 1 is 1.33 bits per heavy atom. The van der Waals surface area contributed by atoms with E-state index in [0.29, 0.717) is 18.3 Å². The van der Waals surface area contributed by atoms with Gasteiger partial charge < -0.3 is 14.7 Å². The van der Waals surface area contributed by atoms with E-state index in [1.165, 1.54) is 0 Å². The molecule has 3 aromatic rings. The minimum Gasteiger partial charge on any atom is -0.337 e. The van der Waals surface area contributed by atoms with Crippen LogP contribution >= 0.6 is 0 Å². The van der Waals surface area contributed by atoms with Crippen molar-refractivity contribution in [1.29, 1.82) is 0 Å². The first-order valence-electron chi connectivity index (χ1n) is 8.71. The number of hydrogen-bond donors (Lipinski definition) is 2. The van der Waals surface area contributed by atoms with Crippen molar-refractivity contribution in [3.8, 4) is 11.4 Å². The van der Waals surface area contributed by atoms with E-state index in [9.17, 15) is 4.79 Å². The van der Waals surface area contributed by atoms with E-state index in [1.54, 1.807) is 43.4 Å². The fraction of sp³-hybridized carbons (Fsp3) is 0.389. The first-order chi connectivity index (χ1) is 13.0. The van der Waals surface area contributed by atoms with Crippen molar-refractivity contribution in [2.75, 3.05) is 13.6 Å². The molecule has 0 saturated carbocycles. The van der Waals surface area contributed by atoms with Gasteiger partial charge in [-0.25, -0.2) is 4.79 Å². The molecular weight excluding hydrogens is 346 g/mol. The first kappa shape index (κ1) is 18.6. The Morgan fingerprint density at radius 2 is 2.07 bits per heavy atom. The number of carbonyl (C=O) groups is 1. The first-order valence-corrected chi connectivity index (χ1v) is 8.71. The molecule has 1 unspecified atom stereocenters. The molecule has 0 fully saturated rings. The van der Waals surface area contributed by atoms with Crippen molar-refractivity contribution in [2.45, 2.75) is 33.2 Å². The van der Waals surface area contributed by atoms with Crippen LogP contribution in [0.2, 0.25) is 0 Å². The minimum atomic E-state index is -0.402. The summed E-state index contributed by atoms with van der Waals surface area (Å²) < 4.78 is 5.28. The summed E-state index contributed by atoms with van der Waals surface area (Å²) in [5.74, 6) is 0.817. The molecule has 0 aliphatic rings. The number of urea groups is 1. The number of H-pyrrole nitrogens is 1. The highest BCUT2D eigenvalue weighted by Gasteiger charge is 2.19. The highest BCUT2D eigenvalue weighted by molar-refractivity contribution is 5.74. The number of hydrogen-bond acceptors (Lipinski definition) is 6. The van der Waals surface area contributed by atoms with Crippen molar-refractivity contribution in [1.82, 2.24) is 35.5 Å². The third-order valence-corrected chi connectivity index (χ3v) is 4.42. The molecule has 3 aromatic heterocycles. The second-order valence-corrected chi connectivity index (χ2v) is 6.45. The minimum absolute atomic E-state index is 0.204. The van der Waals surface area contributed by atoms with Gasteiger partial charge in [0, 0.05) is 37.2 Å². The van der Waals surface area contributed by atoms with Gasteiger partial charge in [-0.05, 0) is 44.9 Å². The van der Waals surface area contributed by atoms with Gasteiger partial charge in [0.05, 0.1) is 5.69 Å². The summed E-state index contributed by atoms with van der Waals surface area (Å²) in [4.78, 5) is 22.4. The largest absolute Gasteiger partial charge is 0.337 e. The summed E-state index contributed by atoms with van der Waals surface area (Å²) in [7, 11) is 1.75. The van der Waals surface area contributed by atoms with E-state index < -0.39 is 6.04 Å². The van der Waals surface area contributed by atoms with E-state index in [-0.39, 0.29) is 6.03 Å². The molecule has 0 saturated heterocycles. The van der Waals surface area contributed by atoms with E-state index in [0.717, 1.165) is 28.9 Å². The molecule has 0 aromatic carbocycles. The molecule has 142 valence electrons. The topological polar surface area (TPSA) is 113 Å². The standard InChI is InChI=1S/C18H23N7O2/c1-11-15(12(2)23-22-11)7-10-25(4)18(26)20-13(3)17-21-16(24-27-17)14-5-8-19-9-6-14/h5-6,8-9,13H,7,10H2,1-4H3,(H,20,26)(H,22,23). The maximum Gasteiger partial charge on any atom is 0.317 e. The lowest BCUT2D eigenvalue weighted by Crippen LogP contribution is -2.39. The number of nitrogens with one attached hydrogen (secondary N) is 2. The monoisotopic (exact) mass is 369 g/mol. The van der Waals surface area contributed by atoms with Crippen LogP contribution in [-0.4, -0.2) is 49.8 Å². The smallest absolute Gasteiger partial charge is 0.317 e. The summed E-state index contributed by atoms with van der Waals surface area (Å²) in [5, 5.41) is 14.0. The van der Waals surface area contributed by atoms with Crippen LogP contribution in [0.4, 0.5) is 4.79 Å². The third kappa shape index (κ3) is 4.30. The average Bonchev–Trinajstić information content (AvgIpc) is 3.28. The summed E-state index contributed by atoms with van der Waals surface area (Å²) in [5.41, 5.74) is 3.94. The molecule has 9 nitrogen and oxygen atoms in total. The van der Waals surface area contributed by atoms with Crippen molar-refractivity contribution in [3.63, 3.8) is 0 Å². The van der Waals surface area contributed by atoms with Gasteiger partial charge in [-0.3, -0.25) is 10.1 Å². The Bertz CT molecular complexity index is 884. The Hall–Kier alpha value is -3.23. The van der Waals surface area contributed by atoms with Crippen molar-refractivity contribution < 1.29 is 9.32 Å². The van der Waals surface area contributed by atoms with Gasteiger partial charge in [0.2, 0.25) is 11.7 Å². The number of likely N-dealkylation sites (N-methyl/N-ethyl adjacent to an activating group) is 1. The highest BCUT2D eigenvalue weighted by Crippen LogP contribution is 2.18. The zero-order chi connectivity index (χ0) is 19.4. The van der Waals surface area contributed by atoms with Crippen LogP contribution in [0.15, 0.2) is 29.0 Å². The van der Waals surface area contributed by atoms with Crippen LogP contribution in [0.5, 0.6) is 0 Å². The van der Waals surface area contributed by atoms with Gasteiger partial charge in [0.25, 0.3) is 0 Å². The SMILES string of the molecule is Cc1n[nH]c(C)c1CCN(C)C(=O)NC(C)c1nc(-c2ccncc2)no1. The summed E-state index contributed by atoms with van der Waals surface area (Å²) >= 11 is 0. The third-order valence-electron chi connectivity index (χ3n) is 4.42. The lowest BCUT2D eigenvalue weighted by Gasteiger charge is -2.20.